The number of rotatable bonds is 6. The second kappa shape index (κ2) is 10.4. The molecule has 4 rings (SSSR count). The Bertz CT molecular complexity index is 1100. The summed E-state index contributed by atoms with van der Waals surface area (Å²) < 4.78 is 43.5. The molecule has 3 heteroatoms. The second-order valence-corrected chi connectivity index (χ2v) is 9.12. The predicted molar refractivity (Wildman–Crippen MR) is 133 cm³/mol. The van der Waals surface area contributed by atoms with Crippen LogP contribution < -0.4 is 0 Å². The minimum Gasteiger partial charge on any atom is -0.239 e. The van der Waals surface area contributed by atoms with Gasteiger partial charge in [0.15, 0.2) is 12.3 Å². The third-order valence-electron chi connectivity index (χ3n) is 6.88. The topological polar surface area (TPSA) is 0 Å². The Hall–Kier alpha value is -2.81. The van der Waals surface area contributed by atoms with Crippen molar-refractivity contribution in [1.29, 1.82) is 0 Å². The molecule has 0 heterocycles. The van der Waals surface area contributed by atoms with Crippen molar-refractivity contribution in [3.63, 3.8) is 0 Å². The van der Waals surface area contributed by atoms with Crippen molar-refractivity contribution in [2.24, 2.45) is 5.92 Å². The monoisotopic (exact) mass is 448 g/mol. The van der Waals surface area contributed by atoms with E-state index in [4.69, 9.17) is 0 Å². The van der Waals surface area contributed by atoms with Crippen molar-refractivity contribution in [3.05, 3.63) is 95.4 Å². The molecule has 0 bridgehead atoms. The van der Waals surface area contributed by atoms with Crippen molar-refractivity contribution in [2.45, 2.75) is 58.3 Å². The zero-order valence-corrected chi connectivity index (χ0v) is 19.3. The zero-order valence-electron chi connectivity index (χ0n) is 19.3. The predicted octanol–water partition coefficient (Wildman–Crippen LogP) is 9.05. The van der Waals surface area contributed by atoms with E-state index in [9.17, 15) is 8.78 Å². The average Bonchev–Trinajstić information content (AvgIpc) is 2.83. The smallest absolute Gasteiger partial charge is 0.161 e. The van der Waals surface area contributed by atoms with E-state index >= 15 is 4.39 Å². The first-order chi connectivity index (χ1) is 16.0. The van der Waals surface area contributed by atoms with Gasteiger partial charge in [-0.05, 0) is 91.3 Å². The summed E-state index contributed by atoms with van der Waals surface area (Å²) in [6, 6.07) is 12.6. The standard InChI is InChI=1S/C30H31F3/c1-3-4-5-6-21-8-10-23(11-9-21)26-18-16-25(19-28(26)31)22-12-14-24(15-13-22)27-17-7-20(2)29(32)30(27)33/h3-4,7,10,12-19,21,29-30H,5-6,8-9,11H2,1-2H3/b4-3+. The van der Waals surface area contributed by atoms with Crippen molar-refractivity contribution < 1.29 is 13.2 Å². The lowest BCUT2D eigenvalue weighted by Gasteiger charge is -2.22. The molecule has 3 unspecified atom stereocenters. The normalized spacial score (nSPS) is 23.3. The number of hydrogen-bond acceptors (Lipinski definition) is 0. The summed E-state index contributed by atoms with van der Waals surface area (Å²) in [7, 11) is 0. The summed E-state index contributed by atoms with van der Waals surface area (Å²) in [5.74, 6) is 0.468. The molecule has 0 N–H and O–H groups in total. The molecule has 0 aromatic heterocycles. The van der Waals surface area contributed by atoms with Crippen LogP contribution in [-0.2, 0) is 0 Å². The van der Waals surface area contributed by atoms with Crippen LogP contribution in [0, 0.1) is 11.7 Å². The van der Waals surface area contributed by atoms with E-state index < -0.39 is 12.3 Å². The fourth-order valence-corrected chi connectivity index (χ4v) is 4.75. The molecular weight excluding hydrogens is 417 g/mol. The Morgan fingerprint density at radius 3 is 2.33 bits per heavy atom. The molecule has 2 aromatic rings. The number of benzene rings is 2. The fraction of sp³-hybridized carbons (Fsp3) is 0.333. The fourth-order valence-electron chi connectivity index (χ4n) is 4.75. The van der Waals surface area contributed by atoms with Crippen LogP contribution in [0.5, 0.6) is 0 Å². The SMILES string of the molecule is C/C=C/CCC1CC=C(c2ccc(-c3ccc(C4=CC=C(C)C(F)C4F)cc3)cc2F)CC1. The van der Waals surface area contributed by atoms with Gasteiger partial charge in [0.25, 0.3) is 0 Å². The highest BCUT2D eigenvalue weighted by atomic mass is 19.2. The van der Waals surface area contributed by atoms with Crippen LogP contribution in [0.4, 0.5) is 13.2 Å². The van der Waals surface area contributed by atoms with E-state index in [1.165, 1.54) is 6.42 Å². The summed E-state index contributed by atoms with van der Waals surface area (Å²) >= 11 is 0. The van der Waals surface area contributed by atoms with Crippen LogP contribution in [0.15, 0.2) is 78.4 Å². The van der Waals surface area contributed by atoms with E-state index in [0.717, 1.165) is 42.4 Å². The van der Waals surface area contributed by atoms with Crippen molar-refractivity contribution >= 4 is 11.1 Å². The third-order valence-corrected chi connectivity index (χ3v) is 6.88. The molecular formula is C30H31F3. The molecule has 2 aromatic carbocycles. The number of halogens is 3. The van der Waals surface area contributed by atoms with Crippen molar-refractivity contribution in [1.82, 2.24) is 0 Å². The summed E-state index contributed by atoms with van der Waals surface area (Å²) in [6.45, 7) is 3.64. The van der Waals surface area contributed by atoms with Gasteiger partial charge < -0.3 is 0 Å². The molecule has 0 fully saturated rings. The van der Waals surface area contributed by atoms with Crippen molar-refractivity contribution in [2.75, 3.05) is 0 Å². The highest BCUT2D eigenvalue weighted by molar-refractivity contribution is 5.76. The molecule has 0 saturated heterocycles. The van der Waals surface area contributed by atoms with E-state index in [2.05, 4.69) is 18.2 Å². The lowest BCUT2D eigenvalue weighted by Crippen LogP contribution is -2.22. The Morgan fingerprint density at radius 2 is 1.67 bits per heavy atom. The van der Waals surface area contributed by atoms with Gasteiger partial charge in [0.1, 0.15) is 5.82 Å². The van der Waals surface area contributed by atoms with Gasteiger partial charge in [0.2, 0.25) is 0 Å². The van der Waals surface area contributed by atoms with Gasteiger partial charge in [-0.3, -0.25) is 0 Å². The highest BCUT2D eigenvalue weighted by Gasteiger charge is 2.29. The third kappa shape index (κ3) is 5.24. The van der Waals surface area contributed by atoms with Gasteiger partial charge in [-0.2, -0.15) is 0 Å². The molecule has 3 atom stereocenters. The first-order valence-corrected chi connectivity index (χ1v) is 11.9. The van der Waals surface area contributed by atoms with Gasteiger partial charge in [0.05, 0.1) is 0 Å². The van der Waals surface area contributed by atoms with Gasteiger partial charge in [-0.25, -0.2) is 13.2 Å². The summed E-state index contributed by atoms with van der Waals surface area (Å²) in [5.41, 5.74) is 4.79. The second-order valence-electron chi connectivity index (χ2n) is 9.12. The van der Waals surface area contributed by atoms with E-state index in [1.54, 1.807) is 37.3 Å². The largest absolute Gasteiger partial charge is 0.239 e. The summed E-state index contributed by atoms with van der Waals surface area (Å²) in [6.07, 6.45) is 11.8. The number of hydrogen-bond donors (Lipinski definition) is 0. The van der Waals surface area contributed by atoms with Crippen LogP contribution in [0.2, 0.25) is 0 Å². The van der Waals surface area contributed by atoms with E-state index in [0.29, 0.717) is 28.2 Å². The van der Waals surface area contributed by atoms with Gasteiger partial charge in [-0.15, -0.1) is 0 Å². The Kier molecular flexibility index (Phi) is 7.37. The lowest BCUT2D eigenvalue weighted by molar-refractivity contribution is 0.242. The maximum absolute atomic E-state index is 15.0. The molecule has 2 aliphatic rings. The van der Waals surface area contributed by atoms with Gasteiger partial charge >= 0.3 is 0 Å². The summed E-state index contributed by atoms with van der Waals surface area (Å²) in [4.78, 5) is 0. The molecule has 0 spiro atoms. The molecule has 0 nitrogen and oxygen atoms in total. The van der Waals surface area contributed by atoms with Crippen molar-refractivity contribution in [3.8, 4) is 11.1 Å². The van der Waals surface area contributed by atoms with E-state index in [-0.39, 0.29) is 5.82 Å². The van der Waals surface area contributed by atoms with Crippen LogP contribution >= 0.6 is 0 Å². The van der Waals surface area contributed by atoms with E-state index in [1.807, 2.05) is 31.2 Å². The van der Waals surface area contributed by atoms with Crippen LogP contribution in [0.1, 0.15) is 57.1 Å². The van der Waals surface area contributed by atoms with Gasteiger partial charge in [0, 0.05) is 5.56 Å². The Morgan fingerprint density at radius 1 is 0.939 bits per heavy atom. The molecule has 0 saturated carbocycles. The first kappa shape index (κ1) is 23.4. The van der Waals surface area contributed by atoms with Gasteiger partial charge in [-0.1, -0.05) is 66.8 Å². The minimum atomic E-state index is -1.66. The first-order valence-electron chi connectivity index (χ1n) is 11.9. The minimum absolute atomic E-state index is 0.213. The molecule has 2 aliphatic carbocycles. The number of allylic oxidation sites excluding steroid dienone is 8. The lowest BCUT2D eigenvalue weighted by atomic mass is 9.84. The molecule has 0 radical (unpaired) electrons. The molecule has 172 valence electrons. The summed E-state index contributed by atoms with van der Waals surface area (Å²) in [5, 5.41) is 0. The molecule has 0 aliphatic heterocycles. The van der Waals surface area contributed by atoms with Crippen LogP contribution in [-0.4, -0.2) is 12.3 Å². The quantitative estimate of drug-likeness (QED) is 0.387. The highest BCUT2D eigenvalue weighted by Crippen LogP contribution is 2.36. The Labute approximate surface area is 195 Å². The molecule has 33 heavy (non-hydrogen) atoms. The van der Waals surface area contributed by atoms with Crippen LogP contribution in [0.3, 0.4) is 0 Å². The average molecular weight is 449 g/mol. The maximum Gasteiger partial charge on any atom is 0.161 e. The zero-order chi connectivity index (χ0) is 23.4. The maximum atomic E-state index is 15.0. The van der Waals surface area contributed by atoms with Crippen LogP contribution in [0.25, 0.3) is 22.3 Å². The number of alkyl halides is 2. The Balaban J connectivity index is 1.47. The molecule has 0 amide bonds.